The van der Waals surface area contributed by atoms with Crippen molar-refractivity contribution in [2.75, 3.05) is 0 Å². The Labute approximate surface area is 150 Å². The Balaban J connectivity index is 1.88. The number of carbonyl (C=O) groups is 1. The molecule has 0 bridgehead atoms. The molecule has 6 heteroatoms. The minimum atomic E-state index is -4.46. The number of hydrogen-bond acceptors (Lipinski definition) is 2. The first kappa shape index (κ1) is 18.5. The van der Waals surface area contributed by atoms with Crippen molar-refractivity contribution >= 4 is 5.91 Å². The number of nitrogens with one attached hydrogen (secondary N) is 1. The molecular formula is C20H22F3NO2. The largest absolute Gasteiger partial charge is 0.459 e. The van der Waals surface area contributed by atoms with E-state index in [-0.39, 0.29) is 17.2 Å². The normalized spacial score (nSPS) is 20.6. The molecule has 140 valence electrons. The maximum atomic E-state index is 13.5. The average Bonchev–Trinajstić information content (AvgIpc) is 3.15. The van der Waals surface area contributed by atoms with Crippen LogP contribution in [0, 0.1) is 11.8 Å². The second kappa shape index (κ2) is 7.56. The number of halogens is 3. The summed E-state index contributed by atoms with van der Waals surface area (Å²) in [6.07, 6.45) is 0.803. The molecule has 1 saturated carbocycles. The Morgan fingerprint density at radius 2 is 2.04 bits per heavy atom. The second-order valence-electron chi connectivity index (χ2n) is 6.82. The molecule has 1 amide bonds. The van der Waals surface area contributed by atoms with E-state index in [2.05, 4.69) is 12.2 Å². The molecule has 1 heterocycles. The SMILES string of the molecule is CCCC[C@@H]1C[C@@H]1C(NC(=O)c1ccco1)c1ccccc1C(F)(F)F. The van der Waals surface area contributed by atoms with E-state index in [1.807, 2.05) is 0 Å². The van der Waals surface area contributed by atoms with Gasteiger partial charge >= 0.3 is 6.18 Å². The van der Waals surface area contributed by atoms with Gasteiger partial charge < -0.3 is 9.73 Å². The molecule has 2 aromatic rings. The van der Waals surface area contributed by atoms with Gasteiger partial charge in [0.15, 0.2) is 5.76 Å². The quantitative estimate of drug-likeness (QED) is 0.694. The zero-order valence-corrected chi connectivity index (χ0v) is 14.6. The molecule has 0 saturated heterocycles. The lowest BCUT2D eigenvalue weighted by Gasteiger charge is -2.23. The van der Waals surface area contributed by atoms with Crippen molar-refractivity contribution in [1.82, 2.24) is 5.32 Å². The van der Waals surface area contributed by atoms with Crippen LogP contribution in [0.25, 0.3) is 0 Å². The number of benzene rings is 1. The van der Waals surface area contributed by atoms with Crippen molar-refractivity contribution < 1.29 is 22.4 Å². The summed E-state index contributed by atoms with van der Waals surface area (Å²) in [6.45, 7) is 2.09. The van der Waals surface area contributed by atoms with Gasteiger partial charge in [0, 0.05) is 0 Å². The predicted octanol–water partition coefficient (Wildman–Crippen LogP) is 5.60. The molecule has 3 nitrogen and oxygen atoms in total. The maximum Gasteiger partial charge on any atom is 0.416 e. The van der Waals surface area contributed by atoms with Gasteiger partial charge in [-0.05, 0) is 42.0 Å². The van der Waals surface area contributed by atoms with Gasteiger partial charge in [-0.2, -0.15) is 13.2 Å². The van der Waals surface area contributed by atoms with E-state index in [1.165, 1.54) is 24.5 Å². The summed E-state index contributed by atoms with van der Waals surface area (Å²) < 4.78 is 45.5. The summed E-state index contributed by atoms with van der Waals surface area (Å²) in [5.41, 5.74) is -0.560. The summed E-state index contributed by atoms with van der Waals surface area (Å²) in [5.74, 6) is -0.0227. The minimum Gasteiger partial charge on any atom is -0.459 e. The van der Waals surface area contributed by atoms with Gasteiger partial charge in [0.25, 0.3) is 5.91 Å². The van der Waals surface area contributed by atoms with E-state index in [9.17, 15) is 18.0 Å². The molecule has 0 aliphatic heterocycles. The third kappa shape index (κ3) is 4.11. The summed E-state index contributed by atoms with van der Waals surface area (Å²) in [7, 11) is 0. The maximum absolute atomic E-state index is 13.5. The van der Waals surface area contributed by atoms with E-state index in [0.717, 1.165) is 31.7 Å². The number of hydrogen-bond donors (Lipinski definition) is 1. The van der Waals surface area contributed by atoms with Gasteiger partial charge in [-0.3, -0.25) is 4.79 Å². The first-order valence-corrected chi connectivity index (χ1v) is 8.92. The highest BCUT2D eigenvalue weighted by atomic mass is 19.4. The number of alkyl halides is 3. The molecule has 1 aliphatic carbocycles. The van der Waals surface area contributed by atoms with E-state index < -0.39 is 23.7 Å². The number of rotatable bonds is 7. The zero-order valence-electron chi connectivity index (χ0n) is 14.6. The fourth-order valence-electron chi connectivity index (χ4n) is 3.54. The fourth-order valence-corrected chi connectivity index (χ4v) is 3.54. The van der Waals surface area contributed by atoms with Crippen molar-refractivity contribution in [2.24, 2.45) is 11.8 Å². The molecule has 1 aromatic carbocycles. The number of carbonyl (C=O) groups excluding carboxylic acids is 1. The second-order valence-corrected chi connectivity index (χ2v) is 6.82. The monoisotopic (exact) mass is 365 g/mol. The van der Waals surface area contributed by atoms with Crippen LogP contribution >= 0.6 is 0 Å². The molecule has 0 spiro atoms. The molecule has 1 unspecified atom stereocenters. The predicted molar refractivity (Wildman–Crippen MR) is 91.5 cm³/mol. The van der Waals surface area contributed by atoms with Crippen LogP contribution in [0.1, 0.15) is 60.3 Å². The van der Waals surface area contributed by atoms with Crippen LogP contribution in [-0.4, -0.2) is 5.91 Å². The van der Waals surface area contributed by atoms with Crippen LogP contribution in [0.15, 0.2) is 47.1 Å². The Kier molecular flexibility index (Phi) is 5.39. The number of furan rings is 1. The highest BCUT2D eigenvalue weighted by Gasteiger charge is 2.46. The van der Waals surface area contributed by atoms with Gasteiger partial charge in [0.1, 0.15) is 0 Å². The molecule has 1 aromatic heterocycles. The van der Waals surface area contributed by atoms with E-state index >= 15 is 0 Å². The Bertz CT molecular complexity index is 740. The lowest BCUT2D eigenvalue weighted by molar-refractivity contribution is -0.138. The summed E-state index contributed by atoms with van der Waals surface area (Å²) in [5, 5.41) is 2.78. The third-order valence-electron chi connectivity index (χ3n) is 4.97. The lowest BCUT2D eigenvalue weighted by atomic mass is 9.94. The van der Waals surface area contributed by atoms with Gasteiger partial charge in [-0.15, -0.1) is 0 Å². The van der Waals surface area contributed by atoms with Crippen molar-refractivity contribution in [3.8, 4) is 0 Å². The highest BCUT2D eigenvalue weighted by molar-refractivity contribution is 5.91. The van der Waals surface area contributed by atoms with Crippen LogP contribution in [0.3, 0.4) is 0 Å². The highest BCUT2D eigenvalue weighted by Crippen LogP contribution is 2.51. The van der Waals surface area contributed by atoms with Crippen molar-refractivity contribution in [2.45, 2.75) is 44.8 Å². The molecule has 0 radical (unpaired) electrons. The number of unbranched alkanes of at least 4 members (excludes halogenated alkanes) is 1. The smallest absolute Gasteiger partial charge is 0.416 e. The third-order valence-corrected chi connectivity index (χ3v) is 4.97. The molecule has 3 atom stereocenters. The molecule has 3 rings (SSSR count). The van der Waals surface area contributed by atoms with Gasteiger partial charge in [-0.25, -0.2) is 0 Å². The lowest BCUT2D eigenvalue weighted by Crippen LogP contribution is -2.31. The van der Waals surface area contributed by atoms with E-state index in [4.69, 9.17) is 4.42 Å². The van der Waals surface area contributed by atoms with E-state index in [0.29, 0.717) is 5.92 Å². The summed E-state index contributed by atoms with van der Waals surface area (Å²) in [4.78, 5) is 12.4. The Morgan fingerprint density at radius 3 is 2.69 bits per heavy atom. The van der Waals surface area contributed by atoms with Gasteiger partial charge in [0.2, 0.25) is 0 Å². The van der Waals surface area contributed by atoms with Crippen LogP contribution in [-0.2, 0) is 6.18 Å². The average molecular weight is 365 g/mol. The standard InChI is InChI=1S/C20H22F3NO2/c1-2-3-7-13-12-15(13)18(24-19(25)17-10-6-11-26-17)14-8-4-5-9-16(14)20(21,22)23/h4-6,8-11,13,15,18H,2-3,7,12H2,1H3,(H,24,25)/t13-,15+,18?/m1/s1. The van der Waals surface area contributed by atoms with Crippen molar-refractivity contribution in [1.29, 1.82) is 0 Å². The minimum absolute atomic E-state index is 0.0176. The van der Waals surface area contributed by atoms with Crippen LogP contribution in [0.5, 0.6) is 0 Å². The van der Waals surface area contributed by atoms with Crippen LogP contribution < -0.4 is 5.32 Å². The van der Waals surface area contributed by atoms with Crippen LogP contribution in [0.4, 0.5) is 13.2 Å². The summed E-state index contributed by atoms with van der Waals surface area (Å²) in [6, 6.07) is 7.90. The molecule has 1 N–H and O–H groups in total. The van der Waals surface area contributed by atoms with Gasteiger partial charge in [0.05, 0.1) is 17.9 Å². The van der Waals surface area contributed by atoms with Crippen molar-refractivity contribution in [3.63, 3.8) is 0 Å². The first-order valence-electron chi connectivity index (χ1n) is 8.92. The van der Waals surface area contributed by atoms with Crippen molar-refractivity contribution in [3.05, 3.63) is 59.5 Å². The first-order chi connectivity index (χ1) is 12.4. The van der Waals surface area contributed by atoms with E-state index in [1.54, 1.807) is 12.1 Å². The number of amides is 1. The molecule has 1 aliphatic rings. The summed E-state index contributed by atoms with van der Waals surface area (Å²) >= 11 is 0. The zero-order chi connectivity index (χ0) is 18.7. The molecule has 26 heavy (non-hydrogen) atoms. The van der Waals surface area contributed by atoms with Crippen LogP contribution in [0.2, 0.25) is 0 Å². The fraction of sp³-hybridized carbons (Fsp3) is 0.450. The topological polar surface area (TPSA) is 42.2 Å². The van der Waals surface area contributed by atoms with Gasteiger partial charge in [-0.1, -0.05) is 44.4 Å². The molecular weight excluding hydrogens is 343 g/mol. The molecule has 1 fully saturated rings. The Hall–Kier alpha value is -2.24. The Morgan fingerprint density at radius 1 is 1.27 bits per heavy atom.